The number of piperidine rings is 1. The number of rotatable bonds is 4. The molecule has 2 aliphatic heterocycles. The Morgan fingerprint density at radius 1 is 1.18 bits per heavy atom. The molecule has 0 bridgehead atoms. The van der Waals surface area contributed by atoms with Crippen molar-refractivity contribution in [3.63, 3.8) is 0 Å². The van der Waals surface area contributed by atoms with Gasteiger partial charge in [-0.25, -0.2) is 14.2 Å². The van der Waals surface area contributed by atoms with Gasteiger partial charge in [0.05, 0.1) is 31.5 Å². The van der Waals surface area contributed by atoms with Gasteiger partial charge in [-0.05, 0) is 57.2 Å². The molecule has 0 saturated carbocycles. The summed E-state index contributed by atoms with van der Waals surface area (Å²) in [6.07, 6.45) is 2.36. The molecule has 0 spiro atoms. The molecular formula is C26H32N2O6. The zero-order valence-corrected chi connectivity index (χ0v) is 20.4. The van der Waals surface area contributed by atoms with Crippen molar-refractivity contribution in [1.29, 1.82) is 0 Å². The van der Waals surface area contributed by atoms with Crippen LogP contribution in [0, 0.1) is 11.8 Å². The van der Waals surface area contributed by atoms with Crippen LogP contribution < -0.4 is 4.74 Å². The molecule has 2 aromatic rings. The van der Waals surface area contributed by atoms with E-state index < -0.39 is 29.4 Å². The van der Waals surface area contributed by atoms with E-state index in [1.165, 1.54) is 7.11 Å². The number of fused-ring (bicyclic) bond motifs is 5. The largest absolute Gasteiger partial charge is 0.496 e. The van der Waals surface area contributed by atoms with Crippen LogP contribution in [0.25, 0.3) is 10.9 Å². The van der Waals surface area contributed by atoms with E-state index in [2.05, 4.69) is 11.5 Å². The molecule has 3 atom stereocenters. The van der Waals surface area contributed by atoms with Crippen molar-refractivity contribution in [3.05, 3.63) is 42.1 Å². The van der Waals surface area contributed by atoms with Gasteiger partial charge in [0.1, 0.15) is 11.4 Å². The average molecular weight is 469 g/mol. The second-order valence-electron chi connectivity index (χ2n) is 9.89. The third-order valence-corrected chi connectivity index (χ3v) is 6.76. The van der Waals surface area contributed by atoms with Crippen molar-refractivity contribution in [2.24, 2.45) is 11.8 Å². The van der Waals surface area contributed by atoms with Crippen LogP contribution in [0.2, 0.25) is 0 Å². The summed E-state index contributed by atoms with van der Waals surface area (Å²) in [5, 5.41) is 0.882. The van der Waals surface area contributed by atoms with E-state index in [4.69, 9.17) is 14.2 Å². The monoisotopic (exact) mass is 468 g/mol. The predicted octanol–water partition coefficient (Wildman–Crippen LogP) is 3.90. The molecule has 8 nitrogen and oxygen atoms in total. The first kappa shape index (κ1) is 24.0. The molecule has 1 aromatic carbocycles. The number of esters is 1. The zero-order valence-electron chi connectivity index (χ0n) is 20.4. The third-order valence-electron chi connectivity index (χ3n) is 6.76. The fraction of sp³-hybridized carbons (Fsp3) is 0.500. The molecule has 0 radical (unpaired) electrons. The smallest absolute Gasteiger partial charge is 0.419 e. The summed E-state index contributed by atoms with van der Waals surface area (Å²) in [5.41, 5.74) is 1.84. The maximum absolute atomic E-state index is 13.5. The Morgan fingerprint density at radius 2 is 1.91 bits per heavy atom. The fourth-order valence-electron chi connectivity index (χ4n) is 5.35. The topological polar surface area (TPSA) is 87.1 Å². The van der Waals surface area contributed by atoms with Crippen molar-refractivity contribution < 1.29 is 28.6 Å². The highest BCUT2D eigenvalue weighted by atomic mass is 16.6. The summed E-state index contributed by atoms with van der Waals surface area (Å²) in [6, 6.07) is 5.37. The molecule has 0 unspecified atom stereocenters. The van der Waals surface area contributed by atoms with Gasteiger partial charge in [-0.2, -0.15) is 0 Å². The van der Waals surface area contributed by atoms with E-state index in [0.29, 0.717) is 24.2 Å². The molecule has 182 valence electrons. The standard InChI is InChI=1S/C26H32N2O6/c1-7-15-14-27-12-11-16-21-18(9-8-10-20(21)32-5)28(25(31)34-26(2,3)4)22(16)19(27)13-17(15)23(29)24(30)33-6/h7-10,15,17,19H,1,11-14H2,2-6H3/t15-,17+,19+/m1/s1. The number of carbonyl (C=O) groups excluding carboxylic acids is 3. The summed E-state index contributed by atoms with van der Waals surface area (Å²) >= 11 is 0. The number of aromatic nitrogens is 1. The van der Waals surface area contributed by atoms with E-state index in [9.17, 15) is 14.4 Å². The van der Waals surface area contributed by atoms with Gasteiger partial charge in [0.15, 0.2) is 0 Å². The lowest BCUT2D eigenvalue weighted by Crippen LogP contribution is -2.49. The highest BCUT2D eigenvalue weighted by Crippen LogP contribution is 2.47. The van der Waals surface area contributed by atoms with Gasteiger partial charge in [0.2, 0.25) is 5.78 Å². The highest BCUT2D eigenvalue weighted by Gasteiger charge is 2.45. The minimum atomic E-state index is -0.851. The number of nitrogens with zero attached hydrogens (tertiary/aromatic N) is 2. The molecule has 1 aromatic heterocycles. The van der Waals surface area contributed by atoms with Crippen molar-refractivity contribution >= 4 is 28.7 Å². The zero-order chi connectivity index (χ0) is 24.8. The molecule has 1 saturated heterocycles. The predicted molar refractivity (Wildman–Crippen MR) is 127 cm³/mol. The summed E-state index contributed by atoms with van der Waals surface area (Å²) < 4.78 is 17.8. The average Bonchev–Trinajstić information content (AvgIpc) is 3.16. The van der Waals surface area contributed by atoms with Crippen molar-refractivity contribution in [2.45, 2.75) is 45.3 Å². The van der Waals surface area contributed by atoms with Crippen LogP contribution in [0.3, 0.4) is 0 Å². The molecule has 34 heavy (non-hydrogen) atoms. The summed E-state index contributed by atoms with van der Waals surface area (Å²) in [7, 11) is 2.82. The first-order chi connectivity index (χ1) is 16.1. The second kappa shape index (κ2) is 8.91. The maximum Gasteiger partial charge on any atom is 0.419 e. The van der Waals surface area contributed by atoms with Crippen LogP contribution in [-0.2, 0) is 25.5 Å². The Balaban J connectivity index is 1.89. The van der Waals surface area contributed by atoms with Crippen LogP contribution in [0.4, 0.5) is 4.79 Å². The van der Waals surface area contributed by atoms with Crippen LogP contribution in [-0.4, -0.2) is 60.2 Å². The Morgan fingerprint density at radius 3 is 2.53 bits per heavy atom. The first-order valence-corrected chi connectivity index (χ1v) is 11.5. The Labute approximate surface area is 199 Å². The summed E-state index contributed by atoms with van der Waals surface area (Å²) in [6.45, 7) is 10.7. The van der Waals surface area contributed by atoms with Crippen molar-refractivity contribution in [2.75, 3.05) is 27.3 Å². The first-order valence-electron chi connectivity index (χ1n) is 11.5. The molecular weight excluding hydrogens is 436 g/mol. The lowest BCUT2D eigenvalue weighted by Gasteiger charge is -2.45. The van der Waals surface area contributed by atoms with E-state index in [-0.39, 0.29) is 12.0 Å². The van der Waals surface area contributed by atoms with Gasteiger partial charge in [0, 0.05) is 24.4 Å². The maximum atomic E-state index is 13.5. The fourth-order valence-corrected chi connectivity index (χ4v) is 5.35. The number of hydrogen-bond acceptors (Lipinski definition) is 7. The van der Waals surface area contributed by atoms with E-state index >= 15 is 0 Å². The van der Waals surface area contributed by atoms with Gasteiger partial charge >= 0.3 is 12.1 Å². The molecule has 4 rings (SSSR count). The SMILES string of the molecule is C=C[C@@H]1CN2CCc3c(n(C(=O)OC(C)(C)C)c4cccc(OC)c34)[C@@H]2C[C@@H]1C(=O)C(=O)OC. The van der Waals surface area contributed by atoms with Gasteiger partial charge in [-0.15, -0.1) is 6.58 Å². The Bertz CT molecular complexity index is 1160. The molecule has 8 heteroatoms. The molecule has 0 amide bonds. The Hall–Kier alpha value is -3.13. The number of benzene rings is 1. The summed E-state index contributed by atoms with van der Waals surface area (Å²) in [4.78, 5) is 40.8. The number of Topliss-reactive ketones (excluding diaryl/α,β-unsaturated/α-hetero) is 1. The van der Waals surface area contributed by atoms with Crippen LogP contribution >= 0.6 is 0 Å². The quantitative estimate of drug-likeness (QED) is 0.382. The second-order valence-corrected chi connectivity index (χ2v) is 9.89. The van der Waals surface area contributed by atoms with E-state index in [1.807, 2.05) is 39.0 Å². The van der Waals surface area contributed by atoms with E-state index in [0.717, 1.165) is 29.6 Å². The van der Waals surface area contributed by atoms with Crippen LogP contribution in [0.5, 0.6) is 5.75 Å². The number of ketones is 1. The number of methoxy groups -OCH3 is 2. The number of ether oxygens (including phenoxy) is 3. The minimum absolute atomic E-state index is 0.182. The highest BCUT2D eigenvalue weighted by molar-refractivity contribution is 6.34. The lowest BCUT2D eigenvalue weighted by atomic mass is 9.76. The molecule has 2 aliphatic rings. The summed E-state index contributed by atoms with van der Waals surface area (Å²) in [5.74, 6) is -1.48. The lowest BCUT2D eigenvalue weighted by molar-refractivity contribution is -0.155. The normalized spacial score (nSPS) is 22.4. The van der Waals surface area contributed by atoms with Gasteiger partial charge in [-0.1, -0.05) is 12.1 Å². The van der Waals surface area contributed by atoms with Crippen LogP contribution in [0.15, 0.2) is 30.9 Å². The number of hydrogen-bond donors (Lipinski definition) is 0. The van der Waals surface area contributed by atoms with E-state index in [1.54, 1.807) is 17.8 Å². The van der Waals surface area contributed by atoms with Gasteiger partial charge < -0.3 is 14.2 Å². The van der Waals surface area contributed by atoms with Gasteiger partial charge in [-0.3, -0.25) is 9.69 Å². The molecule has 0 N–H and O–H groups in total. The Kier molecular flexibility index (Phi) is 6.29. The minimum Gasteiger partial charge on any atom is -0.496 e. The molecule has 3 heterocycles. The van der Waals surface area contributed by atoms with Crippen LogP contribution in [0.1, 0.15) is 44.5 Å². The van der Waals surface area contributed by atoms with Gasteiger partial charge in [0.25, 0.3) is 0 Å². The third kappa shape index (κ3) is 4.00. The molecule has 1 fully saturated rings. The number of carbonyl (C=O) groups is 3. The molecule has 0 aliphatic carbocycles. The van der Waals surface area contributed by atoms with Crippen molar-refractivity contribution in [3.8, 4) is 5.75 Å². The van der Waals surface area contributed by atoms with Crippen molar-refractivity contribution in [1.82, 2.24) is 9.47 Å².